The molecule has 0 amide bonds. The van der Waals surface area contributed by atoms with Gasteiger partial charge in [0.05, 0.1) is 0 Å². The second-order valence-electron chi connectivity index (χ2n) is 2.01. The molecule has 0 N–H and O–H groups in total. The highest BCUT2D eigenvalue weighted by Gasteiger charge is 2.07. The minimum atomic E-state index is 0.306. The maximum Gasteiger partial charge on any atom is 0.180 e. The minimum Gasteiger partial charge on any atom is -0.173 e. The van der Waals surface area contributed by atoms with E-state index in [1.807, 2.05) is 18.2 Å². The van der Waals surface area contributed by atoms with E-state index in [0.717, 1.165) is 9.50 Å². The zero-order chi connectivity index (χ0) is 8.97. The summed E-state index contributed by atoms with van der Waals surface area (Å²) in [5, 5.41) is 0. The number of rotatable bonds is 1. The summed E-state index contributed by atoms with van der Waals surface area (Å²) in [6.45, 7) is 0. The van der Waals surface area contributed by atoms with Gasteiger partial charge in [0, 0.05) is 40.9 Å². The van der Waals surface area contributed by atoms with E-state index < -0.39 is 0 Å². The molecule has 1 aromatic carbocycles. The molecule has 0 aliphatic heterocycles. The van der Waals surface area contributed by atoms with Crippen molar-refractivity contribution in [1.82, 2.24) is 3.94 Å². The number of benzene rings is 1. The van der Waals surface area contributed by atoms with Gasteiger partial charge in [-0.25, -0.2) is 0 Å². The average Bonchev–Trinajstić information content (AvgIpc) is 2.07. The summed E-state index contributed by atoms with van der Waals surface area (Å²) in [7, 11) is 0. The van der Waals surface area contributed by atoms with Crippen LogP contribution in [0.15, 0.2) is 34.8 Å². The van der Waals surface area contributed by atoms with Gasteiger partial charge in [0.1, 0.15) is 0 Å². The summed E-state index contributed by atoms with van der Waals surface area (Å²) in [4.78, 5) is 0. The van der Waals surface area contributed by atoms with Crippen molar-refractivity contribution < 1.29 is 0 Å². The molecule has 0 atom stereocenters. The van der Waals surface area contributed by atoms with Crippen LogP contribution in [0, 0.1) is 0 Å². The Bertz CT molecular complexity index is 271. The van der Waals surface area contributed by atoms with Crippen molar-refractivity contribution in [2.75, 3.05) is 0 Å². The van der Waals surface area contributed by atoms with Crippen molar-refractivity contribution >= 4 is 41.2 Å². The smallest absolute Gasteiger partial charge is 0.173 e. The highest BCUT2D eigenvalue weighted by atomic mass is 35.5. The van der Waals surface area contributed by atoms with E-state index in [1.165, 1.54) is 0 Å². The molecule has 0 aliphatic rings. The fourth-order valence-electron chi connectivity index (χ4n) is 0.762. The molecule has 2 nitrogen and oxygen atoms in total. The second kappa shape index (κ2) is 4.55. The highest BCUT2D eigenvalue weighted by Crippen LogP contribution is 2.11. The van der Waals surface area contributed by atoms with Gasteiger partial charge in [-0.15, -0.1) is 0 Å². The van der Waals surface area contributed by atoms with Gasteiger partial charge in [-0.3, -0.25) is 0 Å². The molecule has 0 spiro atoms. The monoisotopic (exact) mass is 222 g/mol. The Balaban J connectivity index is 2.97. The van der Waals surface area contributed by atoms with E-state index in [4.69, 9.17) is 35.3 Å². The molecule has 0 aliphatic carbocycles. The first-order valence-electron chi connectivity index (χ1n) is 3.11. The molecule has 0 saturated carbocycles. The summed E-state index contributed by atoms with van der Waals surface area (Å²) >= 11 is 16.2. The van der Waals surface area contributed by atoms with Crippen molar-refractivity contribution in [2.24, 2.45) is 4.51 Å². The number of hydrogen-bond donors (Lipinski definition) is 0. The molecule has 12 heavy (non-hydrogen) atoms. The van der Waals surface area contributed by atoms with Gasteiger partial charge < -0.3 is 0 Å². The minimum absolute atomic E-state index is 0.306. The van der Waals surface area contributed by atoms with E-state index in [0.29, 0.717) is 5.84 Å². The van der Waals surface area contributed by atoms with Crippen LogP contribution in [-0.4, -0.2) is 9.77 Å². The molecule has 5 heteroatoms. The second-order valence-corrected chi connectivity index (χ2v) is 3.03. The topological polar surface area (TPSA) is 15.6 Å². The van der Waals surface area contributed by atoms with Crippen LogP contribution in [0.2, 0.25) is 0 Å². The maximum absolute atomic E-state index is 5.46. The zero-order valence-electron chi connectivity index (χ0n) is 5.92. The SMILES string of the molecule is Cl/N=C(\c1ccccc1)N(Cl)Cl. The van der Waals surface area contributed by atoms with Gasteiger partial charge in [0.2, 0.25) is 0 Å². The van der Waals surface area contributed by atoms with Crippen LogP contribution in [0.1, 0.15) is 5.56 Å². The highest BCUT2D eigenvalue weighted by molar-refractivity contribution is 6.45. The largest absolute Gasteiger partial charge is 0.180 e. The maximum atomic E-state index is 5.46. The first kappa shape index (κ1) is 9.65. The van der Waals surface area contributed by atoms with Crippen molar-refractivity contribution in [2.45, 2.75) is 0 Å². The molecule has 0 heterocycles. The molecular weight excluding hydrogens is 218 g/mol. The van der Waals surface area contributed by atoms with Crippen LogP contribution in [-0.2, 0) is 0 Å². The summed E-state index contributed by atoms with van der Waals surface area (Å²) in [6, 6.07) is 9.17. The number of hydrogen-bond acceptors (Lipinski definition) is 1. The molecule has 0 unspecified atom stereocenters. The van der Waals surface area contributed by atoms with Gasteiger partial charge in [-0.1, -0.05) is 30.3 Å². The Labute approximate surface area is 85.7 Å². The Hall–Kier alpha value is -0.440. The predicted molar refractivity (Wildman–Crippen MR) is 52.4 cm³/mol. The third kappa shape index (κ3) is 2.27. The molecule has 1 aromatic rings. The molecule has 64 valence electrons. The van der Waals surface area contributed by atoms with E-state index in [1.54, 1.807) is 12.1 Å². The van der Waals surface area contributed by atoms with Crippen molar-refractivity contribution in [1.29, 1.82) is 0 Å². The van der Waals surface area contributed by atoms with Crippen LogP contribution < -0.4 is 0 Å². The summed E-state index contributed by atoms with van der Waals surface area (Å²) in [5.74, 6) is 0.306. The third-order valence-corrected chi connectivity index (χ3v) is 1.75. The average molecular weight is 223 g/mol. The van der Waals surface area contributed by atoms with Crippen LogP contribution in [0.25, 0.3) is 0 Å². The molecule has 0 aromatic heterocycles. The van der Waals surface area contributed by atoms with Crippen LogP contribution in [0.5, 0.6) is 0 Å². The number of halogens is 3. The van der Waals surface area contributed by atoms with Crippen molar-refractivity contribution in [3.8, 4) is 0 Å². The summed E-state index contributed by atoms with van der Waals surface area (Å²) < 4.78 is 4.23. The lowest BCUT2D eigenvalue weighted by molar-refractivity contribution is 1.08. The first-order valence-corrected chi connectivity index (χ1v) is 4.13. The summed E-state index contributed by atoms with van der Waals surface area (Å²) in [5.41, 5.74) is 0.762. The van der Waals surface area contributed by atoms with E-state index in [2.05, 4.69) is 4.51 Å². The number of nitrogens with zero attached hydrogens (tertiary/aromatic N) is 2. The Morgan fingerprint density at radius 2 is 1.75 bits per heavy atom. The normalized spacial score (nSPS) is 11.4. The van der Waals surface area contributed by atoms with Crippen LogP contribution in [0.4, 0.5) is 0 Å². The van der Waals surface area contributed by atoms with E-state index in [9.17, 15) is 0 Å². The number of amidine groups is 1. The lowest BCUT2D eigenvalue weighted by atomic mass is 10.2. The van der Waals surface area contributed by atoms with Crippen LogP contribution in [0.3, 0.4) is 0 Å². The Morgan fingerprint density at radius 3 is 2.17 bits per heavy atom. The van der Waals surface area contributed by atoms with E-state index >= 15 is 0 Å². The van der Waals surface area contributed by atoms with Gasteiger partial charge >= 0.3 is 0 Å². The standard InChI is InChI=1S/C7H5Cl3N2/c8-11-7(12(9)10)6-4-2-1-3-5-6/h1-5H/b11-7+. The Kier molecular flexibility index (Phi) is 3.66. The quantitative estimate of drug-likeness (QED) is 0.406. The molecule has 0 fully saturated rings. The molecular formula is C7H5Cl3N2. The molecule has 1 rings (SSSR count). The van der Waals surface area contributed by atoms with Gasteiger partial charge in [-0.05, 0) is 0 Å². The Morgan fingerprint density at radius 1 is 1.17 bits per heavy atom. The molecule has 0 radical (unpaired) electrons. The van der Waals surface area contributed by atoms with Crippen LogP contribution >= 0.6 is 35.3 Å². The molecule has 0 saturated heterocycles. The fraction of sp³-hybridized carbons (Fsp3) is 0. The van der Waals surface area contributed by atoms with Crippen molar-refractivity contribution in [3.05, 3.63) is 35.9 Å². The lowest BCUT2D eigenvalue weighted by Gasteiger charge is -2.06. The summed E-state index contributed by atoms with van der Waals surface area (Å²) in [6.07, 6.45) is 0. The van der Waals surface area contributed by atoms with E-state index in [-0.39, 0.29) is 0 Å². The van der Waals surface area contributed by atoms with Gasteiger partial charge in [-0.2, -0.15) is 8.45 Å². The fourth-order valence-corrected chi connectivity index (χ4v) is 1.28. The van der Waals surface area contributed by atoms with Gasteiger partial charge in [0.25, 0.3) is 0 Å². The first-order chi connectivity index (χ1) is 5.75. The predicted octanol–water partition coefficient (Wildman–Crippen LogP) is 3.20. The van der Waals surface area contributed by atoms with Crippen molar-refractivity contribution in [3.63, 3.8) is 0 Å². The van der Waals surface area contributed by atoms with Gasteiger partial charge in [0.15, 0.2) is 5.84 Å². The third-order valence-electron chi connectivity index (χ3n) is 1.27. The molecule has 0 bridgehead atoms. The zero-order valence-corrected chi connectivity index (χ0v) is 8.18. The lowest BCUT2D eigenvalue weighted by Crippen LogP contribution is -2.11.